The van der Waals surface area contributed by atoms with Crippen molar-refractivity contribution in [3.05, 3.63) is 28.3 Å². The van der Waals surface area contributed by atoms with E-state index in [2.05, 4.69) is 5.32 Å². The molecule has 1 aromatic rings. The van der Waals surface area contributed by atoms with Crippen LogP contribution in [0.1, 0.15) is 19.3 Å². The maximum atomic E-state index is 11.6. The molecule has 0 saturated heterocycles. The molecule has 1 aliphatic rings. The molecule has 7 nitrogen and oxygen atoms in total. The zero-order valence-electron chi connectivity index (χ0n) is 11.0. The van der Waals surface area contributed by atoms with Crippen LogP contribution >= 0.6 is 0 Å². The molecule has 0 atom stereocenters. The van der Waals surface area contributed by atoms with Crippen molar-refractivity contribution in [3.8, 4) is 0 Å². The van der Waals surface area contributed by atoms with E-state index in [1.54, 1.807) is 0 Å². The van der Waals surface area contributed by atoms with Gasteiger partial charge in [-0.2, -0.15) is 0 Å². The molecule has 0 aromatic heterocycles. The molecule has 0 radical (unpaired) electrons. The van der Waals surface area contributed by atoms with Crippen molar-refractivity contribution >= 4 is 21.2 Å². The number of nitrogens with zero attached hydrogens (tertiary/aromatic N) is 1. The Bertz CT molecular complexity index is 637. The normalized spacial score (nSPS) is 17.3. The van der Waals surface area contributed by atoms with Gasteiger partial charge < -0.3 is 10.4 Å². The third-order valence-electron chi connectivity index (χ3n) is 3.47. The number of nitro benzene ring substituents is 1. The summed E-state index contributed by atoms with van der Waals surface area (Å²) in [5, 5.41) is 23.9. The SMILES string of the molecule is CS(=O)(=O)c1cccc(NCC2(O)CCC2)c1[N+](=O)[O-]. The number of para-hydroxylation sites is 1. The van der Waals surface area contributed by atoms with Gasteiger partial charge in [0.05, 0.1) is 10.5 Å². The number of rotatable bonds is 5. The third kappa shape index (κ3) is 2.91. The highest BCUT2D eigenvalue weighted by atomic mass is 32.2. The van der Waals surface area contributed by atoms with E-state index in [1.165, 1.54) is 18.2 Å². The van der Waals surface area contributed by atoms with Gasteiger partial charge in [0.25, 0.3) is 0 Å². The number of hydrogen-bond acceptors (Lipinski definition) is 6. The lowest BCUT2D eigenvalue weighted by atomic mass is 9.80. The van der Waals surface area contributed by atoms with Gasteiger partial charge in [-0.15, -0.1) is 0 Å². The Morgan fingerprint density at radius 3 is 2.55 bits per heavy atom. The maximum Gasteiger partial charge on any atom is 0.310 e. The van der Waals surface area contributed by atoms with Crippen molar-refractivity contribution in [3.63, 3.8) is 0 Å². The van der Waals surface area contributed by atoms with Gasteiger partial charge in [0.2, 0.25) is 0 Å². The predicted molar refractivity (Wildman–Crippen MR) is 73.5 cm³/mol. The molecule has 1 aromatic carbocycles. The van der Waals surface area contributed by atoms with E-state index in [4.69, 9.17) is 0 Å². The summed E-state index contributed by atoms with van der Waals surface area (Å²) >= 11 is 0. The maximum absolute atomic E-state index is 11.6. The molecule has 8 heteroatoms. The first-order valence-electron chi connectivity index (χ1n) is 6.17. The molecule has 20 heavy (non-hydrogen) atoms. The van der Waals surface area contributed by atoms with Gasteiger partial charge in [0.15, 0.2) is 9.84 Å². The second-order valence-corrected chi connectivity index (χ2v) is 7.10. The van der Waals surface area contributed by atoms with Crippen molar-refractivity contribution in [2.45, 2.75) is 29.8 Å². The van der Waals surface area contributed by atoms with Gasteiger partial charge >= 0.3 is 5.69 Å². The van der Waals surface area contributed by atoms with E-state index >= 15 is 0 Å². The van der Waals surface area contributed by atoms with Gasteiger partial charge in [-0.25, -0.2) is 8.42 Å². The summed E-state index contributed by atoms with van der Waals surface area (Å²) in [5.74, 6) is 0. The number of nitro groups is 1. The number of anilines is 1. The Balaban J connectivity index is 2.35. The van der Waals surface area contributed by atoms with Gasteiger partial charge in [-0.05, 0) is 31.4 Å². The van der Waals surface area contributed by atoms with Crippen molar-refractivity contribution < 1.29 is 18.4 Å². The molecule has 0 heterocycles. The molecule has 0 amide bonds. The first-order valence-corrected chi connectivity index (χ1v) is 8.06. The van der Waals surface area contributed by atoms with Gasteiger partial charge in [-0.3, -0.25) is 10.1 Å². The number of benzene rings is 1. The highest BCUT2D eigenvalue weighted by Gasteiger charge is 2.35. The Morgan fingerprint density at radius 2 is 2.10 bits per heavy atom. The van der Waals surface area contributed by atoms with Crippen LogP contribution in [0.3, 0.4) is 0 Å². The minimum absolute atomic E-state index is 0.109. The quantitative estimate of drug-likeness (QED) is 0.627. The lowest BCUT2D eigenvalue weighted by molar-refractivity contribution is -0.386. The van der Waals surface area contributed by atoms with Crippen LogP contribution in [0.4, 0.5) is 11.4 Å². The lowest BCUT2D eigenvalue weighted by Crippen LogP contribution is -2.43. The summed E-state index contributed by atoms with van der Waals surface area (Å²) in [4.78, 5) is 10.1. The fourth-order valence-electron chi connectivity index (χ4n) is 2.17. The van der Waals surface area contributed by atoms with E-state index in [-0.39, 0.29) is 17.1 Å². The van der Waals surface area contributed by atoms with Crippen molar-refractivity contribution in [2.24, 2.45) is 0 Å². The van der Waals surface area contributed by atoms with E-state index in [1.807, 2.05) is 0 Å². The summed E-state index contributed by atoms with van der Waals surface area (Å²) in [6, 6.07) is 4.09. The molecule has 1 aliphatic carbocycles. The van der Waals surface area contributed by atoms with Gasteiger partial charge in [-0.1, -0.05) is 6.07 Å². The molecule has 1 fully saturated rings. The van der Waals surface area contributed by atoms with Crippen molar-refractivity contribution in [2.75, 3.05) is 18.1 Å². The average molecular weight is 300 g/mol. The molecule has 1 saturated carbocycles. The Kier molecular flexibility index (Phi) is 3.70. The molecular formula is C12H16N2O5S. The van der Waals surface area contributed by atoms with Crippen molar-refractivity contribution in [1.82, 2.24) is 0 Å². The van der Waals surface area contributed by atoms with Gasteiger partial charge in [0, 0.05) is 12.8 Å². The minimum Gasteiger partial charge on any atom is -0.388 e. The molecule has 0 spiro atoms. The predicted octanol–water partition coefficient (Wildman–Crippen LogP) is 1.33. The summed E-state index contributed by atoms with van der Waals surface area (Å²) in [6.45, 7) is 0.168. The third-order valence-corrected chi connectivity index (χ3v) is 4.60. The van der Waals surface area contributed by atoms with Crippen LogP contribution < -0.4 is 5.32 Å². The van der Waals surface area contributed by atoms with Gasteiger partial charge in [0.1, 0.15) is 10.6 Å². The molecule has 110 valence electrons. The Hall–Kier alpha value is -1.67. The highest BCUT2D eigenvalue weighted by Crippen LogP contribution is 2.35. The Morgan fingerprint density at radius 1 is 1.45 bits per heavy atom. The standard InChI is InChI=1S/C12H16N2O5S/c1-20(18,19)10-5-2-4-9(11(10)14(16)17)13-8-12(15)6-3-7-12/h2,4-5,13,15H,3,6-8H2,1H3. The second kappa shape index (κ2) is 5.02. The van der Waals surface area contributed by atoms with E-state index in [0.29, 0.717) is 12.8 Å². The molecule has 0 unspecified atom stereocenters. The summed E-state index contributed by atoms with van der Waals surface area (Å²) < 4.78 is 23.2. The van der Waals surface area contributed by atoms with Crippen LogP contribution in [-0.2, 0) is 9.84 Å². The first-order chi connectivity index (χ1) is 9.23. The monoisotopic (exact) mass is 300 g/mol. The Labute approximate surface area is 116 Å². The second-order valence-electron chi connectivity index (χ2n) is 5.11. The fourth-order valence-corrected chi connectivity index (χ4v) is 3.04. The number of sulfone groups is 1. The van der Waals surface area contributed by atoms with E-state index in [9.17, 15) is 23.6 Å². The smallest absolute Gasteiger partial charge is 0.310 e. The molecule has 2 rings (SSSR count). The molecular weight excluding hydrogens is 284 g/mol. The molecule has 0 bridgehead atoms. The van der Waals surface area contributed by atoms with Crippen LogP contribution in [0.2, 0.25) is 0 Å². The lowest BCUT2D eigenvalue weighted by Gasteiger charge is -2.36. The topological polar surface area (TPSA) is 110 Å². The first kappa shape index (κ1) is 14.7. The number of nitrogens with one attached hydrogen (secondary N) is 1. The van der Waals surface area contributed by atoms with E-state index < -0.39 is 26.0 Å². The van der Waals surface area contributed by atoms with Crippen molar-refractivity contribution in [1.29, 1.82) is 0 Å². The van der Waals surface area contributed by atoms with Crippen LogP contribution in [0.5, 0.6) is 0 Å². The minimum atomic E-state index is -3.69. The van der Waals surface area contributed by atoms with E-state index in [0.717, 1.165) is 12.7 Å². The fraction of sp³-hybridized carbons (Fsp3) is 0.500. The molecule has 0 aliphatic heterocycles. The number of hydrogen-bond donors (Lipinski definition) is 2. The summed E-state index contributed by atoms with van der Waals surface area (Å²) in [5.41, 5.74) is -1.22. The van der Waals surface area contributed by atoms with Crippen LogP contribution in [0, 0.1) is 10.1 Å². The van der Waals surface area contributed by atoms with Crippen LogP contribution in [0.25, 0.3) is 0 Å². The number of aliphatic hydroxyl groups is 1. The molecule has 2 N–H and O–H groups in total. The summed E-state index contributed by atoms with van der Waals surface area (Å²) in [6.07, 6.45) is 3.13. The van der Waals surface area contributed by atoms with Crippen LogP contribution in [0.15, 0.2) is 23.1 Å². The average Bonchev–Trinajstić information content (AvgIpc) is 2.32. The largest absolute Gasteiger partial charge is 0.388 e. The zero-order chi connectivity index (χ0) is 15.0. The summed E-state index contributed by atoms with van der Waals surface area (Å²) in [7, 11) is -3.69. The van der Waals surface area contributed by atoms with Crippen LogP contribution in [-0.4, -0.2) is 36.8 Å². The zero-order valence-corrected chi connectivity index (χ0v) is 11.8. The highest BCUT2D eigenvalue weighted by molar-refractivity contribution is 7.90.